The number of rotatable bonds is 4. The van der Waals surface area contributed by atoms with Gasteiger partial charge in [0.2, 0.25) is 11.8 Å². The van der Waals surface area contributed by atoms with Gasteiger partial charge in [0.1, 0.15) is 0 Å². The molecule has 0 saturated heterocycles. The van der Waals surface area contributed by atoms with Gasteiger partial charge in [0.15, 0.2) is 6.10 Å². The molecule has 1 unspecified atom stereocenters. The van der Waals surface area contributed by atoms with E-state index in [1.807, 2.05) is 0 Å². The van der Waals surface area contributed by atoms with Gasteiger partial charge >= 0.3 is 6.18 Å². The Labute approximate surface area is 95.0 Å². The second kappa shape index (κ2) is 5.15. The minimum absolute atomic E-state index is 0.0123. The van der Waals surface area contributed by atoms with Crippen molar-refractivity contribution < 1.29 is 22.3 Å². The van der Waals surface area contributed by atoms with E-state index in [4.69, 9.17) is 0 Å². The second-order valence-corrected chi connectivity index (χ2v) is 3.18. The lowest BCUT2D eigenvalue weighted by atomic mass is 10.4. The van der Waals surface area contributed by atoms with Crippen LogP contribution in [0.5, 0.6) is 5.88 Å². The standard InChI is InChI=1S/C9H11F4N3O/c1-3-14-8-15-4-6(10)7(16-8)17-5(2)9(11,12)13/h4-5H,3H2,1-2H3,(H,14,15,16). The molecule has 4 nitrogen and oxygen atoms in total. The topological polar surface area (TPSA) is 47.0 Å². The van der Waals surface area contributed by atoms with Crippen molar-refractivity contribution in [2.45, 2.75) is 26.1 Å². The highest BCUT2D eigenvalue weighted by Crippen LogP contribution is 2.25. The molecule has 96 valence electrons. The van der Waals surface area contributed by atoms with Crippen LogP contribution < -0.4 is 10.1 Å². The zero-order chi connectivity index (χ0) is 13.1. The fourth-order valence-electron chi connectivity index (χ4n) is 0.912. The summed E-state index contributed by atoms with van der Waals surface area (Å²) in [6.07, 6.45) is -5.96. The molecule has 0 amide bonds. The van der Waals surface area contributed by atoms with Gasteiger partial charge in [-0.1, -0.05) is 0 Å². The van der Waals surface area contributed by atoms with Gasteiger partial charge in [-0.25, -0.2) is 4.98 Å². The average molecular weight is 253 g/mol. The molecule has 0 aromatic carbocycles. The summed E-state index contributed by atoms with van der Waals surface area (Å²) in [6, 6.07) is 0. The third-order valence-corrected chi connectivity index (χ3v) is 1.80. The van der Waals surface area contributed by atoms with E-state index in [9.17, 15) is 17.6 Å². The van der Waals surface area contributed by atoms with Crippen LogP contribution in [0.2, 0.25) is 0 Å². The van der Waals surface area contributed by atoms with Crippen molar-refractivity contribution in [2.75, 3.05) is 11.9 Å². The molecule has 1 aromatic heterocycles. The lowest BCUT2D eigenvalue weighted by Gasteiger charge is -2.17. The van der Waals surface area contributed by atoms with Crippen LogP contribution in [0, 0.1) is 5.82 Å². The molecule has 0 aliphatic rings. The van der Waals surface area contributed by atoms with Crippen molar-refractivity contribution in [3.05, 3.63) is 12.0 Å². The Hall–Kier alpha value is -1.60. The first-order valence-electron chi connectivity index (χ1n) is 4.84. The molecule has 0 spiro atoms. The first-order chi connectivity index (χ1) is 7.84. The Bertz CT molecular complexity index is 383. The van der Waals surface area contributed by atoms with Crippen LogP contribution in [0.25, 0.3) is 0 Å². The summed E-state index contributed by atoms with van der Waals surface area (Å²) < 4.78 is 54.1. The van der Waals surface area contributed by atoms with Gasteiger partial charge in [-0.05, 0) is 13.8 Å². The monoisotopic (exact) mass is 253 g/mol. The number of hydrogen-bond acceptors (Lipinski definition) is 4. The minimum atomic E-state index is -4.57. The Morgan fingerprint density at radius 2 is 2.12 bits per heavy atom. The van der Waals surface area contributed by atoms with Crippen molar-refractivity contribution in [1.82, 2.24) is 9.97 Å². The van der Waals surface area contributed by atoms with E-state index in [1.54, 1.807) is 6.92 Å². The molecule has 17 heavy (non-hydrogen) atoms. The number of alkyl halides is 3. The summed E-state index contributed by atoms with van der Waals surface area (Å²) in [5, 5.41) is 2.64. The number of nitrogens with zero attached hydrogens (tertiary/aromatic N) is 2. The molecule has 1 rings (SSSR count). The van der Waals surface area contributed by atoms with E-state index in [-0.39, 0.29) is 5.95 Å². The maximum Gasteiger partial charge on any atom is 0.425 e. The number of ether oxygens (including phenoxy) is 1. The van der Waals surface area contributed by atoms with Gasteiger partial charge in [-0.2, -0.15) is 22.5 Å². The summed E-state index contributed by atoms with van der Waals surface area (Å²) in [7, 11) is 0. The summed E-state index contributed by atoms with van der Waals surface area (Å²) in [5.41, 5.74) is 0. The van der Waals surface area contributed by atoms with Crippen LogP contribution >= 0.6 is 0 Å². The van der Waals surface area contributed by atoms with Gasteiger partial charge in [0.25, 0.3) is 5.88 Å². The number of anilines is 1. The molecule has 1 aromatic rings. The quantitative estimate of drug-likeness (QED) is 0.837. The van der Waals surface area contributed by atoms with Crippen LogP contribution in [0.3, 0.4) is 0 Å². The van der Waals surface area contributed by atoms with Gasteiger partial charge < -0.3 is 10.1 Å². The molecule has 0 saturated carbocycles. The highest BCUT2D eigenvalue weighted by atomic mass is 19.4. The summed E-state index contributed by atoms with van der Waals surface area (Å²) >= 11 is 0. The molecule has 8 heteroatoms. The molecule has 0 radical (unpaired) electrons. The smallest absolute Gasteiger partial charge is 0.425 e. The average Bonchev–Trinajstić information content (AvgIpc) is 2.22. The molecule has 1 N–H and O–H groups in total. The highest BCUT2D eigenvalue weighted by molar-refractivity contribution is 5.28. The van der Waals surface area contributed by atoms with Gasteiger partial charge in [0.05, 0.1) is 6.20 Å². The first kappa shape index (κ1) is 13.5. The highest BCUT2D eigenvalue weighted by Gasteiger charge is 2.38. The molecule has 1 atom stereocenters. The fraction of sp³-hybridized carbons (Fsp3) is 0.556. The van der Waals surface area contributed by atoms with E-state index in [2.05, 4.69) is 20.0 Å². The van der Waals surface area contributed by atoms with E-state index >= 15 is 0 Å². The summed E-state index contributed by atoms with van der Waals surface area (Å²) in [5.74, 6) is -1.75. The third-order valence-electron chi connectivity index (χ3n) is 1.80. The molecule has 0 aliphatic heterocycles. The maximum absolute atomic E-state index is 13.1. The molecular formula is C9H11F4N3O. The van der Waals surface area contributed by atoms with Crippen molar-refractivity contribution in [3.63, 3.8) is 0 Å². The molecule has 0 aliphatic carbocycles. The maximum atomic E-state index is 13.1. The summed E-state index contributed by atoms with van der Waals surface area (Å²) in [4.78, 5) is 7.04. The van der Waals surface area contributed by atoms with Crippen LogP contribution in [0.1, 0.15) is 13.8 Å². The largest absolute Gasteiger partial charge is 0.463 e. The Morgan fingerprint density at radius 1 is 1.47 bits per heavy atom. The van der Waals surface area contributed by atoms with Crippen molar-refractivity contribution >= 4 is 5.95 Å². The van der Waals surface area contributed by atoms with Crippen LogP contribution in [0.15, 0.2) is 6.20 Å². The van der Waals surface area contributed by atoms with E-state index in [0.29, 0.717) is 6.54 Å². The third kappa shape index (κ3) is 3.72. The molecular weight excluding hydrogens is 242 g/mol. The van der Waals surface area contributed by atoms with Crippen LogP contribution in [-0.4, -0.2) is 28.8 Å². The zero-order valence-corrected chi connectivity index (χ0v) is 9.18. The Balaban J connectivity index is 2.86. The lowest BCUT2D eigenvalue weighted by molar-refractivity contribution is -0.190. The molecule has 0 fully saturated rings. The number of halogens is 4. The van der Waals surface area contributed by atoms with Gasteiger partial charge in [-0.3, -0.25) is 0 Å². The fourth-order valence-corrected chi connectivity index (χ4v) is 0.912. The summed E-state index contributed by atoms with van der Waals surface area (Å²) in [6.45, 7) is 2.97. The lowest BCUT2D eigenvalue weighted by Crippen LogP contribution is -2.31. The first-order valence-corrected chi connectivity index (χ1v) is 4.84. The molecule has 0 bridgehead atoms. The van der Waals surface area contributed by atoms with E-state index in [1.165, 1.54) is 0 Å². The van der Waals surface area contributed by atoms with Gasteiger partial charge in [-0.15, -0.1) is 0 Å². The van der Waals surface area contributed by atoms with Crippen LogP contribution in [-0.2, 0) is 0 Å². The normalized spacial score (nSPS) is 13.3. The van der Waals surface area contributed by atoms with E-state index < -0.39 is 24.0 Å². The van der Waals surface area contributed by atoms with Gasteiger partial charge in [0, 0.05) is 6.54 Å². The minimum Gasteiger partial charge on any atom is -0.463 e. The van der Waals surface area contributed by atoms with Crippen molar-refractivity contribution in [2.24, 2.45) is 0 Å². The van der Waals surface area contributed by atoms with Crippen molar-refractivity contribution in [3.8, 4) is 5.88 Å². The second-order valence-electron chi connectivity index (χ2n) is 3.18. The Morgan fingerprint density at radius 3 is 2.65 bits per heavy atom. The number of nitrogens with one attached hydrogen (secondary N) is 1. The molecule has 1 heterocycles. The number of aromatic nitrogens is 2. The SMILES string of the molecule is CCNc1ncc(F)c(OC(C)C(F)(F)F)n1. The van der Waals surface area contributed by atoms with E-state index in [0.717, 1.165) is 13.1 Å². The predicted octanol–water partition coefficient (Wildman–Crippen LogP) is 2.38. The predicted molar refractivity (Wildman–Crippen MR) is 52.3 cm³/mol. The van der Waals surface area contributed by atoms with Crippen LogP contribution in [0.4, 0.5) is 23.5 Å². The zero-order valence-electron chi connectivity index (χ0n) is 9.18. The Kier molecular flexibility index (Phi) is 4.08. The van der Waals surface area contributed by atoms with Crippen molar-refractivity contribution in [1.29, 1.82) is 0 Å². The number of hydrogen-bond donors (Lipinski definition) is 1.